The number of thioether (sulfide) groups is 1. The summed E-state index contributed by atoms with van der Waals surface area (Å²) in [6.07, 6.45) is 2.36. The fourth-order valence-electron chi connectivity index (χ4n) is 2.14. The number of hydrogen-bond acceptors (Lipinski definition) is 6. The van der Waals surface area contributed by atoms with Crippen LogP contribution in [0.15, 0.2) is 15.7 Å². The average Bonchev–Trinajstić information content (AvgIpc) is 3.07. The molecule has 0 radical (unpaired) electrons. The number of nitrogens with one attached hydrogen (secondary N) is 1. The first-order valence-electron chi connectivity index (χ1n) is 7.63. The maximum absolute atomic E-state index is 12.0. The minimum Gasteiger partial charge on any atom is -0.338 e. The molecule has 1 N–H and O–H groups in total. The van der Waals surface area contributed by atoms with Crippen molar-refractivity contribution in [3.8, 4) is 0 Å². The number of anilines is 1. The van der Waals surface area contributed by atoms with Gasteiger partial charge in [-0.25, -0.2) is 0 Å². The molecule has 2 aromatic rings. The Bertz CT molecular complexity index is 712. The number of amides is 1. The van der Waals surface area contributed by atoms with E-state index in [1.54, 1.807) is 6.07 Å². The molecule has 124 valence electrons. The number of aromatic nitrogens is 4. The van der Waals surface area contributed by atoms with Crippen molar-refractivity contribution in [3.63, 3.8) is 0 Å². The SMILES string of the molecule is Cn1c(SCC(=O)Nc2cc(C(C)(C)C)no2)nnc1C1CC1. The first-order valence-corrected chi connectivity index (χ1v) is 8.62. The van der Waals surface area contributed by atoms with E-state index < -0.39 is 0 Å². The number of carbonyl (C=O) groups is 1. The van der Waals surface area contributed by atoms with Gasteiger partial charge < -0.3 is 9.09 Å². The van der Waals surface area contributed by atoms with Gasteiger partial charge in [0.1, 0.15) is 5.82 Å². The van der Waals surface area contributed by atoms with E-state index in [1.807, 2.05) is 32.4 Å². The lowest BCUT2D eigenvalue weighted by atomic mass is 9.92. The van der Waals surface area contributed by atoms with Crippen LogP contribution in [-0.2, 0) is 17.3 Å². The lowest BCUT2D eigenvalue weighted by Crippen LogP contribution is -2.14. The van der Waals surface area contributed by atoms with E-state index in [0.717, 1.165) is 16.7 Å². The van der Waals surface area contributed by atoms with Crippen LogP contribution < -0.4 is 5.32 Å². The second-order valence-electron chi connectivity index (χ2n) is 6.84. The highest BCUT2D eigenvalue weighted by Crippen LogP contribution is 2.39. The molecule has 1 aliphatic rings. The van der Waals surface area contributed by atoms with Crippen molar-refractivity contribution >= 4 is 23.6 Å². The summed E-state index contributed by atoms with van der Waals surface area (Å²) in [5, 5.41) is 15.8. The number of nitrogens with zero attached hydrogens (tertiary/aromatic N) is 4. The molecular formula is C15H21N5O2S. The molecule has 0 aromatic carbocycles. The third-order valence-corrected chi connectivity index (χ3v) is 4.70. The van der Waals surface area contributed by atoms with Crippen LogP contribution in [0, 0.1) is 0 Å². The van der Waals surface area contributed by atoms with Gasteiger partial charge in [-0.1, -0.05) is 37.7 Å². The Morgan fingerprint density at radius 3 is 2.78 bits per heavy atom. The quantitative estimate of drug-likeness (QED) is 0.846. The van der Waals surface area contributed by atoms with Gasteiger partial charge >= 0.3 is 0 Å². The molecule has 0 aliphatic heterocycles. The standard InChI is InChI=1S/C15H21N5O2S/c1-15(2,3)10-7-12(22-19-10)16-11(21)8-23-14-18-17-13(20(14)4)9-5-6-9/h7,9H,5-6,8H2,1-4H3,(H,16,21). The molecular weight excluding hydrogens is 314 g/mol. The van der Waals surface area contributed by atoms with E-state index in [0.29, 0.717) is 11.8 Å². The second kappa shape index (κ2) is 5.99. The highest BCUT2D eigenvalue weighted by molar-refractivity contribution is 7.99. The van der Waals surface area contributed by atoms with Crippen LogP contribution in [0.3, 0.4) is 0 Å². The maximum atomic E-state index is 12.0. The van der Waals surface area contributed by atoms with Crippen molar-refractivity contribution in [2.24, 2.45) is 7.05 Å². The number of hydrogen-bond donors (Lipinski definition) is 1. The highest BCUT2D eigenvalue weighted by atomic mass is 32.2. The van der Waals surface area contributed by atoms with E-state index in [-0.39, 0.29) is 17.1 Å². The van der Waals surface area contributed by atoms with Crippen LogP contribution in [0.2, 0.25) is 0 Å². The molecule has 0 saturated heterocycles. The topological polar surface area (TPSA) is 85.8 Å². The molecule has 1 fully saturated rings. The summed E-state index contributed by atoms with van der Waals surface area (Å²) in [6.45, 7) is 6.12. The van der Waals surface area contributed by atoms with Gasteiger partial charge in [-0.2, -0.15) is 0 Å². The third kappa shape index (κ3) is 3.74. The van der Waals surface area contributed by atoms with Gasteiger partial charge in [0.2, 0.25) is 11.8 Å². The molecule has 1 saturated carbocycles. The van der Waals surface area contributed by atoms with Crippen molar-refractivity contribution in [1.82, 2.24) is 19.9 Å². The van der Waals surface area contributed by atoms with E-state index >= 15 is 0 Å². The van der Waals surface area contributed by atoms with Gasteiger partial charge in [0.25, 0.3) is 0 Å². The third-order valence-electron chi connectivity index (χ3n) is 3.68. The van der Waals surface area contributed by atoms with Crippen LogP contribution in [-0.4, -0.2) is 31.6 Å². The summed E-state index contributed by atoms with van der Waals surface area (Å²) in [6, 6.07) is 1.76. The first kappa shape index (κ1) is 16.0. The predicted molar refractivity (Wildman–Crippen MR) is 87.5 cm³/mol. The summed E-state index contributed by atoms with van der Waals surface area (Å²) in [7, 11) is 1.94. The Labute approximate surface area is 139 Å². The van der Waals surface area contributed by atoms with E-state index in [1.165, 1.54) is 24.6 Å². The molecule has 3 rings (SSSR count). The van der Waals surface area contributed by atoms with E-state index in [4.69, 9.17) is 4.52 Å². The summed E-state index contributed by atoms with van der Waals surface area (Å²) in [5.41, 5.74) is 0.696. The Hall–Kier alpha value is -1.83. The van der Waals surface area contributed by atoms with Crippen molar-refractivity contribution in [2.75, 3.05) is 11.1 Å². The van der Waals surface area contributed by atoms with Crippen LogP contribution in [0.1, 0.15) is 51.0 Å². The van der Waals surface area contributed by atoms with Gasteiger partial charge in [-0.05, 0) is 12.8 Å². The summed E-state index contributed by atoms with van der Waals surface area (Å²) in [4.78, 5) is 12.0. The smallest absolute Gasteiger partial charge is 0.237 e. The van der Waals surface area contributed by atoms with Crippen LogP contribution in [0.25, 0.3) is 0 Å². The number of rotatable bonds is 5. The van der Waals surface area contributed by atoms with E-state index in [9.17, 15) is 4.79 Å². The minimum atomic E-state index is -0.150. The lowest BCUT2D eigenvalue weighted by Gasteiger charge is -2.12. The minimum absolute atomic E-state index is 0.112. The highest BCUT2D eigenvalue weighted by Gasteiger charge is 2.29. The molecule has 0 bridgehead atoms. The van der Waals surface area contributed by atoms with Crippen LogP contribution in [0.5, 0.6) is 0 Å². The van der Waals surface area contributed by atoms with Crippen molar-refractivity contribution < 1.29 is 9.32 Å². The van der Waals surface area contributed by atoms with Crippen molar-refractivity contribution in [1.29, 1.82) is 0 Å². The summed E-state index contributed by atoms with van der Waals surface area (Å²) < 4.78 is 7.13. The Balaban J connectivity index is 1.54. The summed E-state index contributed by atoms with van der Waals surface area (Å²) >= 11 is 1.37. The molecule has 1 aliphatic carbocycles. The molecule has 0 atom stereocenters. The number of carbonyl (C=O) groups excluding carboxylic acids is 1. The van der Waals surface area contributed by atoms with Crippen molar-refractivity contribution in [3.05, 3.63) is 17.6 Å². The van der Waals surface area contributed by atoms with Crippen molar-refractivity contribution in [2.45, 2.75) is 50.1 Å². The second-order valence-corrected chi connectivity index (χ2v) is 7.78. The molecule has 1 amide bonds. The molecule has 8 heteroatoms. The summed E-state index contributed by atoms with van der Waals surface area (Å²) in [5.74, 6) is 2.03. The zero-order valence-electron chi connectivity index (χ0n) is 13.8. The normalized spacial score (nSPS) is 15.0. The zero-order chi connectivity index (χ0) is 16.6. The molecule has 7 nitrogen and oxygen atoms in total. The lowest BCUT2D eigenvalue weighted by molar-refractivity contribution is -0.113. The van der Waals surface area contributed by atoms with Gasteiger partial charge in [0.15, 0.2) is 5.16 Å². The zero-order valence-corrected chi connectivity index (χ0v) is 14.6. The average molecular weight is 335 g/mol. The fourth-order valence-corrected chi connectivity index (χ4v) is 2.86. The molecule has 23 heavy (non-hydrogen) atoms. The van der Waals surface area contributed by atoms with E-state index in [2.05, 4.69) is 20.7 Å². The largest absolute Gasteiger partial charge is 0.338 e. The monoisotopic (exact) mass is 335 g/mol. The van der Waals surface area contributed by atoms with Gasteiger partial charge in [-0.3, -0.25) is 10.1 Å². The van der Waals surface area contributed by atoms with Gasteiger partial charge in [0.05, 0.1) is 11.4 Å². The van der Waals surface area contributed by atoms with Gasteiger partial charge in [-0.15, -0.1) is 10.2 Å². The van der Waals surface area contributed by atoms with Gasteiger partial charge in [0, 0.05) is 24.4 Å². The molecule has 0 spiro atoms. The Kier molecular flexibility index (Phi) is 4.18. The Morgan fingerprint density at radius 1 is 1.43 bits per heavy atom. The predicted octanol–water partition coefficient (Wildman–Crippen LogP) is 2.71. The molecule has 0 unspecified atom stereocenters. The first-order chi connectivity index (χ1) is 10.8. The van der Waals surface area contributed by atoms with Crippen LogP contribution >= 0.6 is 11.8 Å². The Morgan fingerprint density at radius 2 is 2.17 bits per heavy atom. The maximum Gasteiger partial charge on any atom is 0.237 e. The van der Waals surface area contributed by atoms with Crippen LogP contribution in [0.4, 0.5) is 5.88 Å². The molecule has 2 aromatic heterocycles. The molecule has 2 heterocycles. The fraction of sp³-hybridized carbons (Fsp3) is 0.600.